The van der Waals surface area contributed by atoms with E-state index in [9.17, 15) is 4.79 Å². The topological polar surface area (TPSA) is 96.3 Å². The molecule has 1 aromatic heterocycles. The normalized spacial score (nSPS) is 12.8. The SMILES string of the molecule is C=C/C(=C\C=NC)C(C)NC(=O)c1cc2ccccc2n1Cc1cccc(C(=N)N)c1. The molecule has 1 amide bonds. The van der Waals surface area contributed by atoms with Crippen LogP contribution < -0.4 is 11.1 Å². The summed E-state index contributed by atoms with van der Waals surface area (Å²) in [6, 6.07) is 17.1. The van der Waals surface area contributed by atoms with Gasteiger partial charge in [-0.1, -0.05) is 49.1 Å². The van der Waals surface area contributed by atoms with Gasteiger partial charge in [0, 0.05) is 36.3 Å². The third kappa shape index (κ3) is 4.98. The number of hydrogen-bond donors (Lipinski definition) is 3. The molecule has 0 saturated heterocycles. The molecular weight excluding hydrogens is 386 g/mol. The van der Waals surface area contributed by atoms with E-state index in [1.807, 2.05) is 66.1 Å². The van der Waals surface area contributed by atoms with Crippen LogP contribution in [0.3, 0.4) is 0 Å². The van der Waals surface area contributed by atoms with Gasteiger partial charge in [-0.15, -0.1) is 0 Å². The third-order valence-electron chi connectivity index (χ3n) is 5.12. The van der Waals surface area contributed by atoms with Gasteiger partial charge in [0.1, 0.15) is 11.5 Å². The number of benzene rings is 2. The quantitative estimate of drug-likeness (QED) is 0.297. The van der Waals surface area contributed by atoms with Gasteiger partial charge >= 0.3 is 0 Å². The number of allylic oxidation sites excluding steroid dienone is 1. The number of carbonyl (C=O) groups is 1. The molecule has 0 fully saturated rings. The number of para-hydroxylation sites is 1. The van der Waals surface area contributed by atoms with Crippen molar-refractivity contribution in [2.45, 2.75) is 19.5 Å². The Hall–Kier alpha value is -3.93. The van der Waals surface area contributed by atoms with Crippen LogP contribution in [0.5, 0.6) is 0 Å². The second kappa shape index (κ2) is 9.71. The van der Waals surface area contributed by atoms with Crippen molar-refractivity contribution >= 4 is 28.9 Å². The Morgan fingerprint density at radius 3 is 2.74 bits per heavy atom. The number of amidine groups is 1. The number of hydrogen-bond acceptors (Lipinski definition) is 3. The molecule has 0 aliphatic rings. The van der Waals surface area contributed by atoms with E-state index in [0.29, 0.717) is 17.8 Å². The second-order valence-corrected chi connectivity index (χ2v) is 7.26. The fraction of sp³-hybridized carbons (Fsp3) is 0.160. The van der Waals surface area contributed by atoms with Gasteiger partial charge in [0.25, 0.3) is 5.91 Å². The van der Waals surface area contributed by atoms with E-state index in [1.165, 1.54) is 0 Å². The molecule has 3 aromatic rings. The molecule has 31 heavy (non-hydrogen) atoms. The number of rotatable bonds is 8. The summed E-state index contributed by atoms with van der Waals surface area (Å²) in [5, 5.41) is 11.7. The summed E-state index contributed by atoms with van der Waals surface area (Å²) in [5.41, 5.74) is 9.66. The van der Waals surface area contributed by atoms with Crippen LogP contribution >= 0.6 is 0 Å². The van der Waals surface area contributed by atoms with Crippen LogP contribution in [0.1, 0.15) is 28.5 Å². The van der Waals surface area contributed by atoms with Crippen LogP contribution in [0, 0.1) is 5.41 Å². The first-order chi connectivity index (χ1) is 14.9. The summed E-state index contributed by atoms with van der Waals surface area (Å²) >= 11 is 0. The molecule has 2 aromatic carbocycles. The Morgan fingerprint density at radius 1 is 1.26 bits per heavy atom. The monoisotopic (exact) mass is 413 g/mol. The number of amides is 1. The molecule has 0 aliphatic carbocycles. The summed E-state index contributed by atoms with van der Waals surface area (Å²) in [6.45, 7) is 6.23. The molecule has 4 N–H and O–H groups in total. The first-order valence-electron chi connectivity index (χ1n) is 10.0. The number of nitrogens with one attached hydrogen (secondary N) is 2. The van der Waals surface area contributed by atoms with Crippen molar-refractivity contribution < 1.29 is 4.79 Å². The zero-order valence-corrected chi connectivity index (χ0v) is 17.8. The minimum atomic E-state index is -0.226. The fourth-order valence-corrected chi connectivity index (χ4v) is 3.49. The third-order valence-corrected chi connectivity index (χ3v) is 5.12. The standard InChI is InChI=1S/C25H27N5O/c1-4-19(12-13-28-3)17(2)29-25(31)23-15-20-9-5-6-11-22(20)30(23)16-18-8-7-10-21(14-18)24(26)27/h4-15,17H,1,16H2,2-3H3,(H3,26,27)(H,29,31)/b19-12+,28-13?. The summed E-state index contributed by atoms with van der Waals surface area (Å²) < 4.78 is 1.99. The highest BCUT2D eigenvalue weighted by Gasteiger charge is 2.18. The largest absolute Gasteiger partial charge is 0.384 e. The highest BCUT2D eigenvalue weighted by molar-refractivity contribution is 5.99. The molecule has 0 saturated carbocycles. The highest BCUT2D eigenvalue weighted by atomic mass is 16.2. The Balaban J connectivity index is 1.97. The zero-order valence-electron chi connectivity index (χ0n) is 17.8. The van der Waals surface area contributed by atoms with Crippen molar-refractivity contribution in [3.05, 3.63) is 95.7 Å². The van der Waals surface area contributed by atoms with E-state index < -0.39 is 0 Å². The predicted octanol–water partition coefficient (Wildman–Crippen LogP) is 3.90. The van der Waals surface area contributed by atoms with E-state index in [-0.39, 0.29) is 17.8 Å². The van der Waals surface area contributed by atoms with Crippen LogP contribution in [-0.4, -0.2) is 35.6 Å². The van der Waals surface area contributed by atoms with Gasteiger partial charge in [0.05, 0.1) is 6.04 Å². The molecule has 0 radical (unpaired) electrons. The molecule has 1 atom stereocenters. The van der Waals surface area contributed by atoms with E-state index in [2.05, 4.69) is 16.9 Å². The maximum Gasteiger partial charge on any atom is 0.268 e. The Bertz CT molecular complexity index is 1190. The predicted molar refractivity (Wildman–Crippen MR) is 128 cm³/mol. The van der Waals surface area contributed by atoms with Crippen molar-refractivity contribution in [1.82, 2.24) is 9.88 Å². The molecule has 6 nitrogen and oxygen atoms in total. The first-order valence-corrected chi connectivity index (χ1v) is 10.0. The van der Waals surface area contributed by atoms with E-state index in [4.69, 9.17) is 11.1 Å². The maximum atomic E-state index is 13.2. The zero-order chi connectivity index (χ0) is 22.4. The van der Waals surface area contributed by atoms with Gasteiger partial charge in [0.2, 0.25) is 0 Å². The Kier molecular flexibility index (Phi) is 6.82. The van der Waals surface area contributed by atoms with Crippen molar-refractivity contribution in [3.63, 3.8) is 0 Å². The lowest BCUT2D eigenvalue weighted by atomic mass is 10.1. The fourth-order valence-electron chi connectivity index (χ4n) is 3.49. The number of fused-ring (bicyclic) bond motifs is 1. The summed E-state index contributed by atoms with van der Waals surface area (Å²) in [6.07, 6.45) is 5.23. The van der Waals surface area contributed by atoms with Gasteiger partial charge in [-0.05, 0) is 42.3 Å². The van der Waals surface area contributed by atoms with Gasteiger partial charge < -0.3 is 15.6 Å². The van der Waals surface area contributed by atoms with Crippen LogP contribution in [0.25, 0.3) is 10.9 Å². The number of nitrogen functional groups attached to an aromatic ring is 1. The van der Waals surface area contributed by atoms with E-state index in [1.54, 1.807) is 25.4 Å². The second-order valence-electron chi connectivity index (χ2n) is 7.26. The maximum absolute atomic E-state index is 13.2. The molecule has 158 valence electrons. The molecule has 0 aliphatic heterocycles. The van der Waals surface area contributed by atoms with Crippen LogP contribution in [0.15, 0.2) is 83.9 Å². The molecule has 1 heterocycles. The Morgan fingerprint density at radius 2 is 2.03 bits per heavy atom. The molecule has 0 bridgehead atoms. The average Bonchev–Trinajstić information content (AvgIpc) is 3.13. The smallest absolute Gasteiger partial charge is 0.268 e. The lowest BCUT2D eigenvalue weighted by molar-refractivity contribution is 0.0937. The summed E-state index contributed by atoms with van der Waals surface area (Å²) in [4.78, 5) is 17.2. The van der Waals surface area contributed by atoms with Crippen LogP contribution in [0.4, 0.5) is 0 Å². The molecule has 1 unspecified atom stereocenters. The van der Waals surface area contributed by atoms with Gasteiger partial charge in [-0.25, -0.2) is 0 Å². The number of aromatic nitrogens is 1. The van der Waals surface area contributed by atoms with Crippen molar-refractivity contribution in [2.75, 3.05) is 7.05 Å². The van der Waals surface area contributed by atoms with Crippen molar-refractivity contribution in [1.29, 1.82) is 5.41 Å². The first kappa shape index (κ1) is 21.8. The molecule has 3 rings (SSSR count). The number of carbonyl (C=O) groups excluding carboxylic acids is 1. The number of aliphatic imine (C=N–C) groups is 1. The summed E-state index contributed by atoms with van der Waals surface area (Å²) in [5.74, 6) is -0.155. The van der Waals surface area contributed by atoms with E-state index >= 15 is 0 Å². The lowest BCUT2D eigenvalue weighted by Gasteiger charge is -2.17. The number of nitrogens with zero attached hydrogens (tertiary/aromatic N) is 2. The Labute approximate surface area is 182 Å². The molecule has 0 spiro atoms. The minimum absolute atomic E-state index is 0.0189. The number of nitrogens with two attached hydrogens (primary N) is 1. The van der Waals surface area contributed by atoms with Crippen LogP contribution in [0.2, 0.25) is 0 Å². The molecule has 6 heteroatoms. The van der Waals surface area contributed by atoms with Crippen molar-refractivity contribution in [3.8, 4) is 0 Å². The van der Waals surface area contributed by atoms with E-state index in [0.717, 1.165) is 22.0 Å². The lowest BCUT2D eigenvalue weighted by Crippen LogP contribution is -2.35. The van der Waals surface area contributed by atoms with Crippen molar-refractivity contribution in [2.24, 2.45) is 10.7 Å². The molecular formula is C25H27N5O. The van der Waals surface area contributed by atoms with Crippen LogP contribution in [-0.2, 0) is 6.54 Å². The van der Waals surface area contributed by atoms with Gasteiger partial charge in [-0.3, -0.25) is 15.2 Å². The van der Waals surface area contributed by atoms with Gasteiger partial charge in [-0.2, -0.15) is 0 Å². The highest BCUT2D eigenvalue weighted by Crippen LogP contribution is 2.22. The minimum Gasteiger partial charge on any atom is -0.384 e. The average molecular weight is 414 g/mol. The summed E-state index contributed by atoms with van der Waals surface area (Å²) in [7, 11) is 1.69. The van der Waals surface area contributed by atoms with Gasteiger partial charge in [0.15, 0.2) is 0 Å².